The second-order valence-electron chi connectivity index (χ2n) is 12.1. The summed E-state index contributed by atoms with van der Waals surface area (Å²) in [6.45, 7) is 0.564. The van der Waals surface area contributed by atoms with Gasteiger partial charge in [-0.15, -0.1) is 0 Å². The van der Waals surface area contributed by atoms with Crippen molar-refractivity contribution >= 4 is 33.4 Å². The molecule has 11 heteroatoms. The van der Waals surface area contributed by atoms with Crippen LogP contribution in [0.15, 0.2) is 102 Å². The van der Waals surface area contributed by atoms with Crippen molar-refractivity contribution in [3.63, 3.8) is 0 Å². The number of hydrogen-bond donors (Lipinski definition) is 2. The fourth-order valence-electron chi connectivity index (χ4n) is 5.54. The Labute approximate surface area is 293 Å². The summed E-state index contributed by atoms with van der Waals surface area (Å²) in [6.07, 6.45) is 3.09. The number of nitrogens with one attached hydrogen (secondary N) is 2. The number of amides is 2. The van der Waals surface area contributed by atoms with Crippen LogP contribution in [0.1, 0.15) is 41.5 Å². The molecule has 0 aliphatic heterocycles. The van der Waals surface area contributed by atoms with Crippen LogP contribution in [-0.4, -0.2) is 58.0 Å². The van der Waals surface area contributed by atoms with Crippen molar-refractivity contribution in [1.82, 2.24) is 14.9 Å². The lowest BCUT2D eigenvalue weighted by molar-refractivity contribution is -0.141. The largest absolute Gasteiger partial charge is 0.493 e. The molecular formula is C38H42ClN3O6S. The summed E-state index contributed by atoms with van der Waals surface area (Å²) in [4.78, 5) is 29.9. The third kappa shape index (κ3) is 10.3. The SMILES string of the molecule is COc1ccc(CCNC(=O)[C@@H](Cc2ccccc2)N(Cc2ccc(Cl)cc2)C(=O)CCc2ccc(S(=O)(=O)NC3CC3)cc2)cc1OC. The third-order valence-electron chi connectivity index (χ3n) is 8.46. The Bertz CT molecular complexity index is 1810. The molecule has 0 radical (unpaired) electrons. The molecule has 49 heavy (non-hydrogen) atoms. The van der Waals surface area contributed by atoms with Gasteiger partial charge in [-0.3, -0.25) is 9.59 Å². The number of carbonyl (C=O) groups excluding carboxylic acids is 2. The van der Waals surface area contributed by atoms with Crippen LogP contribution < -0.4 is 19.5 Å². The van der Waals surface area contributed by atoms with Crippen molar-refractivity contribution in [2.24, 2.45) is 0 Å². The fraction of sp³-hybridized carbons (Fsp3) is 0.316. The molecule has 1 aliphatic rings. The van der Waals surface area contributed by atoms with Gasteiger partial charge in [-0.1, -0.05) is 72.3 Å². The van der Waals surface area contributed by atoms with E-state index < -0.39 is 16.1 Å². The van der Waals surface area contributed by atoms with Gasteiger partial charge in [-0.05, 0) is 84.3 Å². The molecule has 0 spiro atoms. The molecule has 2 N–H and O–H groups in total. The van der Waals surface area contributed by atoms with Crippen LogP contribution in [0.5, 0.6) is 11.5 Å². The van der Waals surface area contributed by atoms with E-state index in [1.165, 1.54) is 0 Å². The smallest absolute Gasteiger partial charge is 0.243 e. The lowest BCUT2D eigenvalue weighted by atomic mass is 10.0. The summed E-state index contributed by atoms with van der Waals surface area (Å²) < 4.78 is 38.7. The number of ether oxygens (including phenoxy) is 2. The zero-order valence-electron chi connectivity index (χ0n) is 27.7. The van der Waals surface area contributed by atoms with E-state index in [9.17, 15) is 18.0 Å². The molecule has 1 saturated carbocycles. The third-order valence-corrected chi connectivity index (χ3v) is 10.2. The molecule has 9 nitrogen and oxygen atoms in total. The molecule has 1 aliphatic carbocycles. The maximum Gasteiger partial charge on any atom is 0.243 e. The van der Waals surface area contributed by atoms with E-state index in [0.717, 1.165) is 35.1 Å². The van der Waals surface area contributed by atoms with Crippen LogP contribution in [0.2, 0.25) is 5.02 Å². The van der Waals surface area contributed by atoms with Crippen molar-refractivity contribution < 1.29 is 27.5 Å². The molecule has 4 aromatic carbocycles. The second-order valence-corrected chi connectivity index (χ2v) is 14.3. The monoisotopic (exact) mass is 703 g/mol. The molecule has 0 aromatic heterocycles. The van der Waals surface area contributed by atoms with Gasteiger partial charge in [0, 0.05) is 37.0 Å². The maximum atomic E-state index is 14.1. The molecule has 0 unspecified atom stereocenters. The Balaban J connectivity index is 1.34. The Morgan fingerprint density at radius 3 is 2.12 bits per heavy atom. The molecule has 0 saturated heterocycles. The van der Waals surface area contributed by atoms with Crippen molar-refractivity contribution in [3.8, 4) is 11.5 Å². The fourth-order valence-corrected chi connectivity index (χ4v) is 6.97. The van der Waals surface area contributed by atoms with Crippen molar-refractivity contribution in [2.45, 2.75) is 62.0 Å². The number of hydrogen-bond acceptors (Lipinski definition) is 6. The number of benzene rings is 4. The highest BCUT2D eigenvalue weighted by atomic mass is 35.5. The topological polar surface area (TPSA) is 114 Å². The van der Waals surface area contributed by atoms with E-state index >= 15 is 0 Å². The lowest BCUT2D eigenvalue weighted by Crippen LogP contribution is -2.50. The van der Waals surface area contributed by atoms with Gasteiger partial charge in [0.25, 0.3) is 0 Å². The van der Waals surface area contributed by atoms with Gasteiger partial charge in [0.1, 0.15) is 6.04 Å². The zero-order valence-corrected chi connectivity index (χ0v) is 29.3. The van der Waals surface area contributed by atoms with E-state index in [0.29, 0.717) is 42.3 Å². The average molecular weight is 704 g/mol. The minimum Gasteiger partial charge on any atom is -0.493 e. The predicted molar refractivity (Wildman–Crippen MR) is 190 cm³/mol. The summed E-state index contributed by atoms with van der Waals surface area (Å²) >= 11 is 6.16. The standard InChI is InChI=1S/C38H42ClN3O6S/c1-47-35-20-12-29(25-36(35)48-2)22-23-40-38(44)34(24-28-6-4-3-5-7-28)42(26-30-8-14-31(39)15-9-30)37(43)21-13-27-10-18-33(19-11-27)49(45,46)41-32-16-17-32/h3-12,14-15,18-20,25,32,34,41H,13,16-17,21-24,26H2,1-2H3,(H,40,44)/t34-/m1/s1. The highest BCUT2D eigenvalue weighted by molar-refractivity contribution is 7.89. The van der Waals surface area contributed by atoms with E-state index in [4.69, 9.17) is 21.1 Å². The highest BCUT2D eigenvalue weighted by Gasteiger charge is 2.31. The van der Waals surface area contributed by atoms with E-state index in [1.807, 2.05) is 60.7 Å². The Kier molecular flexibility index (Phi) is 12.3. The summed E-state index contributed by atoms with van der Waals surface area (Å²) in [6, 6.07) is 28.3. The molecule has 1 atom stereocenters. The molecular weight excluding hydrogens is 662 g/mol. The van der Waals surface area contributed by atoms with Crippen LogP contribution in [0.25, 0.3) is 0 Å². The minimum atomic E-state index is -3.57. The molecule has 2 amide bonds. The average Bonchev–Trinajstić information content (AvgIpc) is 3.93. The molecule has 258 valence electrons. The molecule has 0 heterocycles. The maximum absolute atomic E-state index is 14.1. The molecule has 1 fully saturated rings. The normalized spacial score (nSPS) is 13.4. The summed E-state index contributed by atoms with van der Waals surface area (Å²) in [5.74, 6) is 0.780. The number of halogens is 1. The number of methoxy groups -OCH3 is 2. The van der Waals surface area contributed by atoms with Gasteiger partial charge in [0.2, 0.25) is 21.8 Å². The first-order valence-corrected chi connectivity index (χ1v) is 18.2. The Hall–Kier alpha value is -4.38. The highest BCUT2D eigenvalue weighted by Crippen LogP contribution is 2.28. The summed E-state index contributed by atoms with van der Waals surface area (Å²) in [5, 5.41) is 3.65. The summed E-state index contributed by atoms with van der Waals surface area (Å²) in [5.41, 5.74) is 3.55. The number of rotatable bonds is 17. The van der Waals surface area contributed by atoms with E-state index in [1.54, 1.807) is 55.5 Å². The van der Waals surface area contributed by atoms with Crippen LogP contribution >= 0.6 is 11.6 Å². The van der Waals surface area contributed by atoms with Crippen LogP contribution in [0.3, 0.4) is 0 Å². The molecule has 5 rings (SSSR count). The van der Waals surface area contributed by atoms with Gasteiger partial charge in [-0.2, -0.15) is 0 Å². The van der Waals surface area contributed by atoms with Crippen LogP contribution in [0.4, 0.5) is 0 Å². The van der Waals surface area contributed by atoms with Crippen molar-refractivity contribution in [3.05, 3.63) is 124 Å². The first kappa shape index (κ1) is 35.9. The quantitative estimate of drug-likeness (QED) is 0.145. The minimum absolute atomic E-state index is 0.0147. The molecule has 4 aromatic rings. The van der Waals surface area contributed by atoms with Crippen LogP contribution in [0, 0.1) is 0 Å². The number of aryl methyl sites for hydroxylation is 1. The number of sulfonamides is 1. The number of nitrogens with zero attached hydrogens (tertiary/aromatic N) is 1. The van der Waals surface area contributed by atoms with E-state index in [-0.39, 0.29) is 35.7 Å². The molecule has 0 bridgehead atoms. The first-order chi connectivity index (χ1) is 23.6. The van der Waals surface area contributed by atoms with Crippen molar-refractivity contribution in [1.29, 1.82) is 0 Å². The zero-order chi connectivity index (χ0) is 34.8. The van der Waals surface area contributed by atoms with Gasteiger partial charge >= 0.3 is 0 Å². The lowest BCUT2D eigenvalue weighted by Gasteiger charge is -2.32. The summed E-state index contributed by atoms with van der Waals surface area (Å²) in [7, 11) is -0.408. The van der Waals surface area contributed by atoms with Gasteiger partial charge in [-0.25, -0.2) is 13.1 Å². The number of carbonyl (C=O) groups is 2. The van der Waals surface area contributed by atoms with Gasteiger partial charge in [0.05, 0.1) is 19.1 Å². The first-order valence-electron chi connectivity index (χ1n) is 16.3. The predicted octanol–water partition coefficient (Wildman–Crippen LogP) is 5.73. The Morgan fingerprint density at radius 2 is 1.47 bits per heavy atom. The second kappa shape index (κ2) is 16.8. The van der Waals surface area contributed by atoms with Gasteiger partial charge < -0.3 is 19.7 Å². The van der Waals surface area contributed by atoms with E-state index in [2.05, 4.69) is 10.0 Å². The van der Waals surface area contributed by atoms with Gasteiger partial charge in [0.15, 0.2) is 11.5 Å². The van der Waals surface area contributed by atoms with Crippen molar-refractivity contribution in [2.75, 3.05) is 20.8 Å². The van der Waals surface area contributed by atoms with Crippen LogP contribution in [-0.2, 0) is 45.4 Å². The Morgan fingerprint density at radius 1 is 0.816 bits per heavy atom.